The van der Waals surface area contributed by atoms with E-state index in [1.807, 2.05) is 48.5 Å². The SMILES string of the molecule is [C-]#[N+]c1ccc(-c2ccc(-c3cc(-c4nc(-c5cc(C(C)(C)C)cc(C(C)(C)C)c5)nc(-c5cc(C(C)(C)C)cc(C(C)(C)C)c5)n4)ccc3-n3c4ccccc4c4cc(C#N)ccc43)c(-n3c4ccccc4c4cc([N+]#[C-])ccc43)c2)cc1. The summed E-state index contributed by atoms with van der Waals surface area (Å²) in [4.78, 5) is 24.2. The number of para-hydroxylation sites is 2. The summed E-state index contributed by atoms with van der Waals surface area (Å²) in [6, 6.07) is 65.8. The summed E-state index contributed by atoms with van der Waals surface area (Å²) >= 11 is 0. The minimum absolute atomic E-state index is 0.158. The van der Waals surface area contributed by atoms with Crippen LogP contribution >= 0.6 is 0 Å². The molecule has 0 bridgehead atoms. The second kappa shape index (κ2) is 20.2. The molecule has 0 saturated carbocycles. The van der Waals surface area contributed by atoms with Crippen LogP contribution in [-0.4, -0.2) is 24.1 Å². The number of nitriles is 1. The van der Waals surface area contributed by atoms with Crippen molar-refractivity contribution in [2.45, 2.75) is 105 Å². The highest BCUT2D eigenvalue weighted by Gasteiger charge is 2.28. The van der Waals surface area contributed by atoms with E-state index in [2.05, 4.69) is 241 Å². The van der Waals surface area contributed by atoms with Gasteiger partial charge in [-0.25, -0.2) is 24.6 Å². The van der Waals surface area contributed by atoms with Gasteiger partial charge < -0.3 is 9.13 Å². The average molecular weight is 1090 g/mol. The van der Waals surface area contributed by atoms with Crippen molar-refractivity contribution in [2.24, 2.45) is 0 Å². The van der Waals surface area contributed by atoms with Gasteiger partial charge in [-0.2, -0.15) is 5.26 Å². The molecule has 0 N–H and O–H groups in total. The van der Waals surface area contributed by atoms with Crippen LogP contribution in [0.1, 0.15) is 111 Å². The lowest BCUT2D eigenvalue weighted by Crippen LogP contribution is -2.17. The Labute approximate surface area is 493 Å². The van der Waals surface area contributed by atoms with Gasteiger partial charge in [0.05, 0.1) is 58.2 Å². The molecular weight excluding hydrogens is 1020 g/mol. The first-order valence-electron chi connectivity index (χ1n) is 28.7. The molecule has 0 fully saturated rings. The molecule has 8 nitrogen and oxygen atoms in total. The molecule has 0 aliphatic rings. The zero-order valence-corrected chi connectivity index (χ0v) is 49.9. The van der Waals surface area contributed by atoms with Gasteiger partial charge in [-0.05, 0) is 151 Å². The number of hydrogen-bond acceptors (Lipinski definition) is 4. The van der Waals surface area contributed by atoms with Crippen molar-refractivity contribution < 1.29 is 0 Å². The van der Waals surface area contributed by atoms with Crippen molar-refractivity contribution >= 4 is 55.0 Å². The van der Waals surface area contributed by atoms with E-state index in [0.717, 1.165) is 93.9 Å². The van der Waals surface area contributed by atoms with Gasteiger partial charge >= 0.3 is 0 Å². The highest BCUT2D eigenvalue weighted by molar-refractivity contribution is 6.12. The van der Waals surface area contributed by atoms with Crippen LogP contribution < -0.4 is 0 Å². The Hall–Kier alpha value is -9.94. The number of rotatable bonds is 7. The van der Waals surface area contributed by atoms with E-state index in [0.29, 0.717) is 34.4 Å². The van der Waals surface area contributed by atoms with Crippen molar-refractivity contribution in [2.75, 3.05) is 0 Å². The summed E-state index contributed by atoms with van der Waals surface area (Å²) in [5.41, 5.74) is 18.0. The maximum Gasteiger partial charge on any atom is 0.188 e. The van der Waals surface area contributed by atoms with Gasteiger partial charge in [0.15, 0.2) is 28.8 Å². The largest absolute Gasteiger partial charge is 0.309 e. The Morgan fingerprint density at radius 1 is 0.357 bits per heavy atom. The van der Waals surface area contributed by atoms with E-state index < -0.39 is 0 Å². The molecule has 0 amide bonds. The molecule has 12 aromatic rings. The van der Waals surface area contributed by atoms with E-state index in [1.165, 1.54) is 22.3 Å². The van der Waals surface area contributed by atoms with E-state index in [1.54, 1.807) is 0 Å². The van der Waals surface area contributed by atoms with Crippen LogP contribution in [0, 0.1) is 24.5 Å². The maximum absolute atomic E-state index is 10.2. The van der Waals surface area contributed by atoms with Crippen molar-refractivity contribution in [3.8, 4) is 73.9 Å². The standard InChI is InChI=1S/C76H66N8/c1-73(2,3)52-36-50(37-53(42-52)74(4,5)6)71-80-70(81-72(82-71)51-38-54(75(7,8)9)43-55(39-51)76(10,11)12)49-27-33-67(83-64-21-17-15-19-58(64)61-35-46(45-77)23-32-66(61)83)62(40-49)60-31-26-48(47-24-28-56(78-13)29-25-47)41-69(60)84-65-22-18-16-20-59(65)63-44-57(79-14)30-34-68(63)84/h15-44H,1-12H3. The molecule has 0 aliphatic carbocycles. The van der Waals surface area contributed by atoms with Crippen molar-refractivity contribution in [1.82, 2.24) is 24.1 Å². The maximum atomic E-state index is 10.2. The van der Waals surface area contributed by atoms with Crippen molar-refractivity contribution in [3.63, 3.8) is 0 Å². The summed E-state index contributed by atoms with van der Waals surface area (Å²) in [5.74, 6) is 1.71. The summed E-state index contributed by atoms with van der Waals surface area (Å²) in [7, 11) is 0. The van der Waals surface area contributed by atoms with Gasteiger partial charge in [0.25, 0.3) is 0 Å². The number of hydrogen-bond donors (Lipinski definition) is 0. The van der Waals surface area contributed by atoms with Gasteiger partial charge in [0.2, 0.25) is 0 Å². The fraction of sp³-hybridized carbons (Fsp3) is 0.211. The lowest BCUT2D eigenvalue weighted by atomic mass is 9.79. The van der Waals surface area contributed by atoms with Crippen LogP contribution in [0.2, 0.25) is 0 Å². The Morgan fingerprint density at radius 3 is 1.29 bits per heavy atom. The molecular formula is C76H66N8. The number of aromatic nitrogens is 5. The second-order valence-electron chi connectivity index (χ2n) is 26.4. The Balaban J connectivity index is 1.21. The second-order valence-corrected chi connectivity index (χ2v) is 26.4. The van der Waals surface area contributed by atoms with Gasteiger partial charge in [-0.15, -0.1) is 0 Å². The molecule has 8 heteroatoms. The Bertz CT molecular complexity index is 4630. The van der Waals surface area contributed by atoms with Crippen molar-refractivity contribution in [1.29, 1.82) is 5.26 Å². The van der Waals surface area contributed by atoms with Gasteiger partial charge in [-0.3, -0.25) is 0 Å². The van der Waals surface area contributed by atoms with E-state index >= 15 is 0 Å². The first-order chi connectivity index (χ1) is 40.0. The third kappa shape index (κ3) is 9.86. The van der Waals surface area contributed by atoms with Crippen molar-refractivity contribution in [3.05, 3.63) is 233 Å². The molecule has 0 saturated heterocycles. The van der Waals surface area contributed by atoms with Crippen LogP contribution in [0.5, 0.6) is 0 Å². The first-order valence-corrected chi connectivity index (χ1v) is 28.7. The third-order valence-electron chi connectivity index (χ3n) is 16.4. The van der Waals surface area contributed by atoms with Crippen LogP contribution in [0.4, 0.5) is 11.4 Å². The molecule has 0 atom stereocenters. The molecule has 3 heterocycles. The van der Waals surface area contributed by atoms with Crippen LogP contribution in [-0.2, 0) is 21.7 Å². The molecule has 84 heavy (non-hydrogen) atoms. The van der Waals surface area contributed by atoms with E-state index in [4.69, 9.17) is 28.1 Å². The Kier molecular flexibility index (Phi) is 13.1. The van der Waals surface area contributed by atoms with Gasteiger partial charge in [-0.1, -0.05) is 174 Å². The molecule has 0 aliphatic heterocycles. The van der Waals surface area contributed by atoms with Crippen LogP contribution in [0.3, 0.4) is 0 Å². The summed E-state index contributed by atoms with van der Waals surface area (Å²) in [6.07, 6.45) is 0. The zero-order chi connectivity index (χ0) is 59.2. The minimum Gasteiger partial charge on any atom is -0.309 e. The minimum atomic E-state index is -0.158. The summed E-state index contributed by atoms with van der Waals surface area (Å²) in [5, 5.41) is 14.2. The molecule has 0 spiro atoms. The van der Waals surface area contributed by atoms with Gasteiger partial charge in [0.1, 0.15) is 0 Å². The topological polar surface area (TPSA) is 81.0 Å². The lowest BCUT2D eigenvalue weighted by Gasteiger charge is -2.26. The van der Waals surface area contributed by atoms with Gasteiger partial charge in [0, 0.05) is 44.0 Å². The smallest absolute Gasteiger partial charge is 0.188 e. The normalized spacial score (nSPS) is 12.2. The fourth-order valence-corrected chi connectivity index (χ4v) is 11.5. The van der Waals surface area contributed by atoms with Crippen LogP contribution in [0.25, 0.3) is 121 Å². The zero-order valence-electron chi connectivity index (χ0n) is 49.9. The molecule has 12 rings (SSSR count). The molecule has 410 valence electrons. The molecule has 0 radical (unpaired) electrons. The number of fused-ring (bicyclic) bond motifs is 6. The quantitative estimate of drug-likeness (QED) is 0.149. The highest BCUT2D eigenvalue weighted by Crippen LogP contribution is 2.45. The predicted molar refractivity (Wildman–Crippen MR) is 348 cm³/mol. The Morgan fingerprint density at radius 2 is 0.786 bits per heavy atom. The monoisotopic (exact) mass is 1090 g/mol. The van der Waals surface area contributed by atoms with E-state index in [-0.39, 0.29) is 21.7 Å². The molecule has 9 aromatic carbocycles. The molecule has 3 aromatic heterocycles. The fourth-order valence-electron chi connectivity index (χ4n) is 11.5. The predicted octanol–water partition coefficient (Wildman–Crippen LogP) is 20.6. The summed E-state index contributed by atoms with van der Waals surface area (Å²) in [6.45, 7) is 42.9. The average Bonchev–Trinajstić information content (AvgIpc) is 4.20. The lowest BCUT2D eigenvalue weighted by molar-refractivity contribution is 0.568. The third-order valence-corrected chi connectivity index (χ3v) is 16.4. The van der Waals surface area contributed by atoms with E-state index in [9.17, 15) is 5.26 Å². The highest BCUT2D eigenvalue weighted by atomic mass is 15.0. The number of nitrogens with zero attached hydrogens (tertiary/aromatic N) is 8. The first kappa shape index (κ1) is 54.6. The number of benzene rings is 9. The molecule has 0 unspecified atom stereocenters. The van der Waals surface area contributed by atoms with Crippen LogP contribution in [0.15, 0.2) is 182 Å². The summed E-state index contributed by atoms with van der Waals surface area (Å²) < 4.78 is 4.65.